The second kappa shape index (κ2) is 9.25. The Bertz CT molecular complexity index is 759. The van der Waals surface area contributed by atoms with Crippen molar-refractivity contribution in [2.75, 3.05) is 19.0 Å². The SMILES string of the molecule is COc1cccc(NC(=O)COC(=O)[C@H](c2ccc(Cl)cc2)C(C)C)c1. The average Bonchev–Trinajstić information content (AvgIpc) is 2.61. The third-order valence-electron chi connectivity index (χ3n) is 3.85. The largest absolute Gasteiger partial charge is 0.497 e. The van der Waals surface area contributed by atoms with Gasteiger partial charge in [-0.1, -0.05) is 43.6 Å². The van der Waals surface area contributed by atoms with E-state index in [2.05, 4.69) is 5.32 Å². The number of esters is 1. The molecule has 0 aliphatic rings. The van der Waals surface area contributed by atoms with Gasteiger partial charge in [-0.05, 0) is 35.7 Å². The first-order valence-electron chi connectivity index (χ1n) is 8.26. The van der Waals surface area contributed by atoms with Crippen molar-refractivity contribution in [2.24, 2.45) is 5.92 Å². The Balaban J connectivity index is 1.96. The Hall–Kier alpha value is -2.53. The lowest BCUT2D eigenvalue weighted by atomic mass is 9.88. The number of nitrogens with one attached hydrogen (secondary N) is 1. The van der Waals surface area contributed by atoms with Crippen molar-refractivity contribution in [1.82, 2.24) is 0 Å². The molecule has 0 radical (unpaired) electrons. The summed E-state index contributed by atoms with van der Waals surface area (Å²) in [6.07, 6.45) is 0. The maximum atomic E-state index is 12.5. The van der Waals surface area contributed by atoms with Gasteiger partial charge in [-0.3, -0.25) is 9.59 Å². The summed E-state index contributed by atoms with van der Waals surface area (Å²) < 4.78 is 10.3. The van der Waals surface area contributed by atoms with Gasteiger partial charge in [0.25, 0.3) is 5.91 Å². The lowest BCUT2D eigenvalue weighted by molar-refractivity contribution is -0.149. The van der Waals surface area contributed by atoms with Crippen LogP contribution in [0.2, 0.25) is 5.02 Å². The fourth-order valence-electron chi connectivity index (χ4n) is 2.59. The Kier molecular flexibility index (Phi) is 7.04. The molecule has 2 aromatic carbocycles. The number of ether oxygens (including phenoxy) is 2. The van der Waals surface area contributed by atoms with Gasteiger partial charge in [0, 0.05) is 16.8 Å². The normalized spacial score (nSPS) is 11.7. The zero-order valence-electron chi connectivity index (χ0n) is 15.0. The first-order chi connectivity index (χ1) is 12.4. The zero-order chi connectivity index (χ0) is 19.1. The number of anilines is 1. The van der Waals surface area contributed by atoms with Crippen LogP contribution in [0, 0.1) is 5.92 Å². The molecule has 0 aromatic heterocycles. The molecule has 0 bridgehead atoms. The number of halogens is 1. The summed E-state index contributed by atoms with van der Waals surface area (Å²) in [6.45, 7) is 3.50. The molecule has 0 fully saturated rings. The number of amides is 1. The third-order valence-corrected chi connectivity index (χ3v) is 4.10. The van der Waals surface area contributed by atoms with Gasteiger partial charge in [0.2, 0.25) is 0 Å². The molecule has 0 saturated carbocycles. The maximum Gasteiger partial charge on any atom is 0.314 e. The molecule has 26 heavy (non-hydrogen) atoms. The van der Waals surface area contributed by atoms with Gasteiger partial charge in [0.15, 0.2) is 6.61 Å². The van der Waals surface area contributed by atoms with Crippen LogP contribution < -0.4 is 10.1 Å². The first-order valence-corrected chi connectivity index (χ1v) is 8.64. The van der Waals surface area contributed by atoms with Crippen LogP contribution in [0.5, 0.6) is 5.75 Å². The highest BCUT2D eigenvalue weighted by Crippen LogP contribution is 2.27. The van der Waals surface area contributed by atoms with E-state index in [1.807, 2.05) is 13.8 Å². The lowest BCUT2D eigenvalue weighted by Crippen LogP contribution is -2.26. The highest BCUT2D eigenvalue weighted by atomic mass is 35.5. The van der Waals surface area contributed by atoms with E-state index in [1.54, 1.807) is 55.6 Å². The number of hydrogen-bond donors (Lipinski definition) is 1. The van der Waals surface area contributed by atoms with Crippen molar-refractivity contribution in [2.45, 2.75) is 19.8 Å². The number of carbonyl (C=O) groups excluding carboxylic acids is 2. The van der Waals surface area contributed by atoms with E-state index in [0.29, 0.717) is 16.5 Å². The number of hydrogen-bond acceptors (Lipinski definition) is 4. The van der Waals surface area contributed by atoms with E-state index in [9.17, 15) is 9.59 Å². The highest BCUT2D eigenvalue weighted by Gasteiger charge is 2.26. The van der Waals surface area contributed by atoms with E-state index in [0.717, 1.165) is 5.56 Å². The topological polar surface area (TPSA) is 64.6 Å². The van der Waals surface area contributed by atoms with Crippen LogP contribution in [0.4, 0.5) is 5.69 Å². The summed E-state index contributed by atoms with van der Waals surface area (Å²) in [7, 11) is 1.55. The van der Waals surface area contributed by atoms with Gasteiger partial charge in [-0.2, -0.15) is 0 Å². The van der Waals surface area contributed by atoms with E-state index in [-0.39, 0.29) is 12.5 Å². The summed E-state index contributed by atoms with van der Waals surface area (Å²) >= 11 is 5.90. The van der Waals surface area contributed by atoms with Gasteiger partial charge < -0.3 is 14.8 Å². The molecule has 0 aliphatic carbocycles. The Morgan fingerprint density at radius 1 is 1.12 bits per heavy atom. The number of carbonyl (C=O) groups is 2. The van der Waals surface area contributed by atoms with Crippen molar-refractivity contribution in [3.05, 3.63) is 59.1 Å². The standard InChI is InChI=1S/C20H22ClNO4/c1-13(2)19(14-7-9-15(21)10-8-14)20(24)26-12-18(23)22-16-5-4-6-17(11-16)25-3/h4-11,13,19H,12H2,1-3H3,(H,22,23)/t19-/m0/s1. The molecule has 2 aromatic rings. The van der Waals surface area contributed by atoms with E-state index >= 15 is 0 Å². The fraction of sp³-hybridized carbons (Fsp3) is 0.300. The third kappa shape index (κ3) is 5.49. The van der Waals surface area contributed by atoms with E-state index < -0.39 is 17.8 Å². The van der Waals surface area contributed by atoms with Crippen LogP contribution in [0.15, 0.2) is 48.5 Å². The molecule has 0 unspecified atom stereocenters. The van der Waals surface area contributed by atoms with Crippen molar-refractivity contribution in [3.63, 3.8) is 0 Å². The number of benzene rings is 2. The molecule has 138 valence electrons. The van der Waals surface area contributed by atoms with E-state index in [1.165, 1.54) is 0 Å². The van der Waals surface area contributed by atoms with Crippen molar-refractivity contribution in [1.29, 1.82) is 0 Å². The van der Waals surface area contributed by atoms with Gasteiger partial charge >= 0.3 is 5.97 Å². The van der Waals surface area contributed by atoms with Crippen molar-refractivity contribution >= 4 is 29.2 Å². The molecule has 1 amide bonds. The highest BCUT2D eigenvalue weighted by molar-refractivity contribution is 6.30. The Morgan fingerprint density at radius 3 is 2.42 bits per heavy atom. The van der Waals surface area contributed by atoms with Crippen molar-refractivity contribution in [3.8, 4) is 5.75 Å². The second-order valence-electron chi connectivity index (χ2n) is 6.16. The van der Waals surface area contributed by atoms with Gasteiger partial charge in [-0.25, -0.2) is 0 Å². The van der Waals surface area contributed by atoms with Crippen LogP contribution >= 0.6 is 11.6 Å². The van der Waals surface area contributed by atoms with E-state index in [4.69, 9.17) is 21.1 Å². The minimum Gasteiger partial charge on any atom is -0.497 e. The molecule has 0 heterocycles. The van der Waals surface area contributed by atoms with Crippen LogP contribution in [-0.4, -0.2) is 25.6 Å². The Labute approximate surface area is 158 Å². The van der Waals surface area contributed by atoms with Crippen LogP contribution in [0.3, 0.4) is 0 Å². The molecule has 1 N–H and O–H groups in total. The summed E-state index contributed by atoms with van der Waals surface area (Å²) in [5.74, 6) is -0.669. The maximum absolute atomic E-state index is 12.5. The molecule has 6 heteroatoms. The first kappa shape index (κ1) is 19.8. The second-order valence-corrected chi connectivity index (χ2v) is 6.60. The quantitative estimate of drug-likeness (QED) is 0.734. The number of methoxy groups -OCH3 is 1. The molecule has 0 aliphatic heterocycles. The zero-order valence-corrected chi connectivity index (χ0v) is 15.7. The summed E-state index contributed by atoms with van der Waals surface area (Å²) in [5, 5.41) is 3.27. The van der Waals surface area contributed by atoms with Gasteiger partial charge in [0.1, 0.15) is 5.75 Å². The predicted octanol–water partition coefficient (Wildman–Crippen LogP) is 4.27. The van der Waals surface area contributed by atoms with Gasteiger partial charge in [0.05, 0.1) is 13.0 Å². The molecule has 5 nitrogen and oxygen atoms in total. The number of rotatable bonds is 7. The van der Waals surface area contributed by atoms with Gasteiger partial charge in [-0.15, -0.1) is 0 Å². The molecule has 2 rings (SSSR count). The fourth-order valence-corrected chi connectivity index (χ4v) is 2.71. The summed E-state index contributed by atoms with van der Waals surface area (Å²) in [4.78, 5) is 24.5. The molecular formula is C20H22ClNO4. The average molecular weight is 376 g/mol. The van der Waals surface area contributed by atoms with Crippen LogP contribution in [0.1, 0.15) is 25.3 Å². The molecule has 0 saturated heterocycles. The predicted molar refractivity (Wildman–Crippen MR) is 102 cm³/mol. The smallest absolute Gasteiger partial charge is 0.314 e. The molecular weight excluding hydrogens is 354 g/mol. The minimum atomic E-state index is -0.461. The summed E-state index contributed by atoms with van der Waals surface area (Å²) in [6, 6.07) is 14.0. The summed E-state index contributed by atoms with van der Waals surface area (Å²) in [5.41, 5.74) is 1.38. The van der Waals surface area contributed by atoms with Crippen LogP contribution in [0.25, 0.3) is 0 Å². The van der Waals surface area contributed by atoms with Crippen LogP contribution in [-0.2, 0) is 14.3 Å². The lowest BCUT2D eigenvalue weighted by Gasteiger charge is -2.20. The monoisotopic (exact) mass is 375 g/mol. The minimum absolute atomic E-state index is 0.0186. The van der Waals surface area contributed by atoms with Crippen molar-refractivity contribution < 1.29 is 19.1 Å². The molecule has 1 atom stereocenters. The Morgan fingerprint density at radius 2 is 1.81 bits per heavy atom. The molecule has 0 spiro atoms.